The largest absolute Gasteiger partial charge is 0.342 e. The van der Waals surface area contributed by atoms with Crippen LogP contribution in [-0.4, -0.2) is 19.9 Å². The molecule has 68 valence electrons. The Bertz CT molecular complexity index is 405. The molecule has 2 aromatic heterocycles. The van der Waals surface area contributed by atoms with Crippen molar-refractivity contribution in [3.8, 4) is 0 Å². The van der Waals surface area contributed by atoms with Gasteiger partial charge in [-0.3, -0.25) is 0 Å². The predicted octanol–water partition coefficient (Wildman–Crippen LogP) is 1.55. The van der Waals surface area contributed by atoms with Crippen LogP contribution in [-0.2, 0) is 6.42 Å². The van der Waals surface area contributed by atoms with Crippen LogP contribution >= 0.6 is 0 Å². The summed E-state index contributed by atoms with van der Waals surface area (Å²) in [6.45, 7) is 4.30. The van der Waals surface area contributed by atoms with Gasteiger partial charge < -0.3 is 4.98 Å². The van der Waals surface area contributed by atoms with Crippen LogP contribution in [0.3, 0.4) is 0 Å². The zero-order valence-electron chi connectivity index (χ0n) is 7.78. The quantitative estimate of drug-likeness (QED) is 0.755. The maximum absolute atomic E-state index is 4.32. The topological polar surface area (TPSA) is 54.5 Å². The van der Waals surface area contributed by atoms with E-state index in [9.17, 15) is 0 Å². The fourth-order valence-corrected chi connectivity index (χ4v) is 1.23. The summed E-state index contributed by atoms with van der Waals surface area (Å²) < 4.78 is 0. The number of rotatable bonds is 2. The Labute approximate surface area is 76.4 Å². The van der Waals surface area contributed by atoms with Crippen molar-refractivity contribution in [1.82, 2.24) is 19.9 Å². The zero-order chi connectivity index (χ0) is 9.26. The Morgan fingerprint density at radius 3 is 3.00 bits per heavy atom. The van der Waals surface area contributed by atoms with E-state index in [2.05, 4.69) is 33.8 Å². The van der Waals surface area contributed by atoms with Crippen LogP contribution in [0.1, 0.15) is 19.7 Å². The standard InChI is InChI=1S/C9H12N4/c1-6(2)3-8-10-4-7-9(13-8)12-5-11-7/h4-6H,3H2,1-2H3,(H,10,11,12,13). The Balaban J connectivity index is 2.37. The number of imidazole rings is 1. The number of nitrogens with zero attached hydrogens (tertiary/aromatic N) is 3. The highest BCUT2D eigenvalue weighted by molar-refractivity contribution is 5.67. The predicted molar refractivity (Wildman–Crippen MR) is 50.2 cm³/mol. The maximum Gasteiger partial charge on any atom is 0.180 e. The second kappa shape index (κ2) is 3.12. The molecule has 0 aliphatic heterocycles. The second-order valence-corrected chi connectivity index (χ2v) is 3.52. The van der Waals surface area contributed by atoms with Gasteiger partial charge in [0, 0.05) is 6.42 Å². The van der Waals surface area contributed by atoms with E-state index in [1.807, 2.05) is 0 Å². The number of hydrogen-bond donors (Lipinski definition) is 1. The lowest BCUT2D eigenvalue weighted by atomic mass is 10.1. The molecular weight excluding hydrogens is 164 g/mol. The average Bonchev–Trinajstić information content (AvgIpc) is 2.49. The highest BCUT2D eigenvalue weighted by Crippen LogP contribution is 2.07. The van der Waals surface area contributed by atoms with Crippen LogP contribution in [0, 0.1) is 5.92 Å². The van der Waals surface area contributed by atoms with Crippen molar-refractivity contribution in [2.75, 3.05) is 0 Å². The van der Waals surface area contributed by atoms with Crippen molar-refractivity contribution >= 4 is 11.2 Å². The van der Waals surface area contributed by atoms with E-state index in [1.165, 1.54) is 0 Å². The SMILES string of the molecule is CC(C)Cc1ncc2[nH]cnc2n1. The van der Waals surface area contributed by atoms with Crippen LogP contribution in [0.25, 0.3) is 11.2 Å². The lowest BCUT2D eigenvalue weighted by molar-refractivity contribution is 0.622. The molecule has 0 radical (unpaired) electrons. The van der Waals surface area contributed by atoms with Crippen LogP contribution < -0.4 is 0 Å². The normalized spacial score (nSPS) is 11.3. The molecule has 0 aromatic carbocycles. The second-order valence-electron chi connectivity index (χ2n) is 3.52. The van der Waals surface area contributed by atoms with E-state index >= 15 is 0 Å². The minimum Gasteiger partial charge on any atom is -0.342 e. The third-order valence-electron chi connectivity index (χ3n) is 1.82. The summed E-state index contributed by atoms with van der Waals surface area (Å²) >= 11 is 0. The van der Waals surface area contributed by atoms with Crippen molar-refractivity contribution < 1.29 is 0 Å². The van der Waals surface area contributed by atoms with E-state index in [0.717, 1.165) is 23.4 Å². The fraction of sp³-hybridized carbons (Fsp3) is 0.444. The van der Waals surface area contributed by atoms with E-state index in [1.54, 1.807) is 12.5 Å². The number of aromatic amines is 1. The molecule has 4 heteroatoms. The summed E-state index contributed by atoms with van der Waals surface area (Å²) in [6.07, 6.45) is 4.33. The molecule has 2 heterocycles. The molecule has 13 heavy (non-hydrogen) atoms. The molecular formula is C9H12N4. The summed E-state index contributed by atoms with van der Waals surface area (Å²) in [6, 6.07) is 0. The number of fused-ring (bicyclic) bond motifs is 1. The van der Waals surface area contributed by atoms with E-state index in [-0.39, 0.29) is 0 Å². The lowest BCUT2D eigenvalue weighted by Crippen LogP contribution is -2.00. The Kier molecular flexibility index (Phi) is 1.96. The van der Waals surface area contributed by atoms with Gasteiger partial charge >= 0.3 is 0 Å². The van der Waals surface area contributed by atoms with Gasteiger partial charge in [-0.2, -0.15) is 0 Å². The van der Waals surface area contributed by atoms with Crippen molar-refractivity contribution in [3.63, 3.8) is 0 Å². The minimum absolute atomic E-state index is 0.580. The highest BCUT2D eigenvalue weighted by atomic mass is 15.0. The fourth-order valence-electron chi connectivity index (χ4n) is 1.23. The van der Waals surface area contributed by atoms with Gasteiger partial charge in [-0.15, -0.1) is 0 Å². The molecule has 0 saturated heterocycles. The van der Waals surface area contributed by atoms with Gasteiger partial charge in [-0.1, -0.05) is 13.8 Å². The van der Waals surface area contributed by atoms with E-state index < -0.39 is 0 Å². The summed E-state index contributed by atoms with van der Waals surface area (Å²) in [4.78, 5) is 15.6. The molecule has 0 unspecified atom stereocenters. The Hall–Kier alpha value is -1.45. The number of aromatic nitrogens is 4. The molecule has 1 N–H and O–H groups in total. The van der Waals surface area contributed by atoms with Crippen molar-refractivity contribution in [1.29, 1.82) is 0 Å². The first-order chi connectivity index (χ1) is 6.25. The molecule has 0 saturated carbocycles. The molecule has 0 amide bonds. The minimum atomic E-state index is 0.580. The Morgan fingerprint density at radius 2 is 2.23 bits per heavy atom. The van der Waals surface area contributed by atoms with Gasteiger partial charge in [0.25, 0.3) is 0 Å². The van der Waals surface area contributed by atoms with Gasteiger partial charge in [-0.25, -0.2) is 15.0 Å². The van der Waals surface area contributed by atoms with E-state index in [4.69, 9.17) is 0 Å². The first-order valence-electron chi connectivity index (χ1n) is 4.40. The van der Waals surface area contributed by atoms with Crippen LogP contribution in [0.4, 0.5) is 0 Å². The molecule has 4 nitrogen and oxygen atoms in total. The molecule has 0 atom stereocenters. The first-order valence-corrected chi connectivity index (χ1v) is 4.40. The van der Waals surface area contributed by atoms with Gasteiger partial charge in [-0.05, 0) is 5.92 Å². The monoisotopic (exact) mass is 176 g/mol. The molecule has 0 aliphatic rings. The highest BCUT2D eigenvalue weighted by Gasteiger charge is 2.03. The van der Waals surface area contributed by atoms with Crippen LogP contribution in [0.5, 0.6) is 0 Å². The molecule has 0 aliphatic carbocycles. The summed E-state index contributed by atoms with van der Waals surface area (Å²) in [5.41, 5.74) is 1.65. The smallest absolute Gasteiger partial charge is 0.180 e. The maximum atomic E-state index is 4.32. The van der Waals surface area contributed by atoms with Gasteiger partial charge in [0.2, 0.25) is 0 Å². The van der Waals surface area contributed by atoms with E-state index in [0.29, 0.717) is 5.92 Å². The zero-order valence-corrected chi connectivity index (χ0v) is 7.78. The van der Waals surface area contributed by atoms with Gasteiger partial charge in [0.05, 0.1) is 12.5 Å². The van der Waals surface area contributed by atoms with Crippen LogP contribution in [0.15, 0.2) is 12.5 Å². The molecule has 0 fully saturated rings. The number of H-pyrrole nitrogens is 1. The third kappa shape index (κ3) is 1.66. The molecule has 0 spiro atoms. The number of nitrogens with one attached hydrogen (secondary N) is 1. The third-order valence-corrected chi connectivity index (χ3v) is 1.82. The van der Waals surface area contributed by atoms with Crippen molar-refractivity contribution in [3.05, 3.63) is 18.3 Å². The first kappa shape index (κ1) is 8.16. The van der Waals surface area contributed by atoms with Gasteiger partial charge in [0.15, 0.2) is 5.65 Å². The van der Waals surface area contributed by atoms with Crippen molar-refractivity contribution in [2.24, 2.45) is 5.92 Å². The molecule has 2 aromatic rings. The summed E-state index contributed by atoms with van der Waals surface area (Å²) in [7, 11) is 0. The number of hydrogen-bond acceptors (Lipinski definition) is 3. The summed E-state index contributed by atoms with van der Waals surface area (Å²) in [5.74, 6) is 1.45. The average molecular weight is 176 g/mol. The molecule has 0 bridgehead atoms. The van der Waals surface area contributed by atoms with Crippen molar-refractivity contribution in [2.45, 2.75) is 20.3 Å². The molecule has 2 rings (SSSR count). The summed E-state index contributed by atoms with van der Waals surface area (Å²) in [5, 5.41) is 0. The van der Waals surface area contributed by atoms with Crippen LogP contribution in [0.2, 0.25) is 0 Å². The van der Waals surface area contributed by atoms with Gasteiger partial charge in [0.1, 0.15) is 11.3 Å². The lowest BCUT2D eigenvalue weighted by Gasteiger charge is -2.01. The Morgan fingerprint density at radius 1 is 1.38 bits per heavy atom.